The first-order chi connectivity index (χ1) is 9.81. The second-order valence-electron chi connectivity index (χ2n) is 5.43. The monoisotopic (exact) mass is 314 g/mol. The molecule has 8 heteroatoms. The quantitative estimate of drug-likeness (QED) is 0.632. The van der Waals surface area contributed by atoms with Crippen LogP contribution in [0.1, 0.15) is 31.2 Å². The van der Waals surface area contributed by atoms with Crippen molar-refractivity contribution >= 4 is 15.7 Å². The van der Waals surface area contributed by atoms with E-state index in [0.29, 0.717) is 18.4 Å². The van der Waals surface area contributed by atoms with Crippen LogP contribution < -0.4 is 4.72 Å². The van der Waals surface area contributed by atoms with Gasteiger partial charge >= 0.3 is 0 Å². The number of aliphatic hydroxyl groups is 1. The number of nitrogens with zero attached hydrogens (tertiary/aromatic N) is 1. The molecule has 1 aliphatic rings. The lowest BCUT2D eigenvalue weighted by atomic mass is 10.0. The summed E-state index contributed by atoms with van der Waals surface area (Å²) in [6.07, 6.45) is 2.70. The molecule has 1 aliphatic carbocycles. The molecule has 1 saturated carbocycles. The van der Waals surface area contributed by atoms with Crippen LogP contribution in [-0.4, -0.2) is 30.6 Å². The summed E-state index contributed by atoms with van der Waals surface area (Å²) in [7, 11) is -4.07. The van der Waals surface area contributed by atoms with Gasteiger partial charge in [-0.05, 0) is 25.3 Å². The molecule has 0 aromatic heterocycles. The highest BCUT2D eigenvalue weighted by atomic mass is 32.2. The van der Waals surface area contributed by atoms with Crippen molar-refractivity contribution in [2.24, 2.45) is 0 Å². The van der Waals surface area contributed by atoms with Crippen molar-refractivity contribution < 1.29 is 18.4 Å². The van der Waals surface area contributed by atoms with E-state index in [0.717, 1.165) is 12.8 Å². The predicted octanol–water partition coefficient (Wildman–Crippen LogP) is 1.49. The van der Waals surface area contributed by atoms with Crippen LogP contribution in [0.3, 0.4) is 0 Å². The van der Waals surface area contributed by atoms with Crippen LogP contribution in [0.2, 0.25) is 0 Å². The third kappa shape index (κ3) is 3.07. The maximum Gasteiger partial charge on any atom is 0.289 e. The van der Waals surface area contributed by atoms with E-state index in [9.17, 15) is 23.6 Å². The number of nitro benzene ring substituents is 1. The molecule has 0 bridgehead atoms. The van der Waals surface area contributed by atoms with Gasteiger partial charge in [0.15, 0.2) is 4.90 Å². The minimum atomic E-state index is -4.07. The minimum Gasteiger partial charge on any atom is -0.394 e. The first-order valence-electron chi connectivity index (χ1n) is 6.70. The van der Waals surface area contributed by atoms with E-state index in [1.165, 1.54) is 25.1 Å². The zero-order chi connectivity index (χ0) is 15.7. The number of rotatable bonds is 5. The number of benzene rings is 1. The lowest BCUT2D eigenvalue weighted by molar-refractivity contribution is -0.387. The van der Waals surface area contributed by atoms with Gasteiger partial charge in [0.2, 0.25) is 10.0 Å². The summed E-state index contributed by atoms with van der Waals surface area (Å²) in [5.74, 6) is 0. The number of hydrogen-bond acceptors (Lipinski definition) is 5. The number of aliphatic hydroxyl groups excluding tert-OH is 1. The largest absolute Gasteiger partial charge is 0.394 e. The second kappa shape index (κ2) is 5.70. The van der Waals surface area contributed by atoms with Crippen LogP contribution in [0.15, 0.2) is 23.1 Å². The molecular weight excluding hydrogens is 296 g/mol. The third-order valence-electron chi connectivity index (χ3n) is 3.87. The van der Waals surface area contributed by atoms with Crippen molar-refractivity contribution in [2.45, 2.75) is 43.0 Å². The van der Waals surface area contributed by atoms with Crippen LogP contribution in [-0.2, 0) is 10.0 Å². The van der Waals surface area contributed by atoms with Crippen molar-refractivity contribution in [2.75, 3.05) is 6.61 Å². The Labute approximate surface area is 123 Å². The summed E-state index contributed by atoms with van der Waals surface area (Å²) in [6.45, 7) is 1.20. The van der Waals surface area contributed by atoms with E-state index >= 15 is 0 Å². The highest BCUT2D eigenvalue weighted by molar-refractivity contribution is 7.89. The van der Waals surface area contributed by atoms with Gasteiger partial charge in [-0.2, -0.15) is 0 Å². The molecule has 0 heterocycles. The first-order valence-corrected chi connectivity index (χ1v) is 8.18. The number of sulfonamides is 1. The molecule has 0 atom stereocenters. The molecule has 2 rings (SSSR count). The Morgan fingerprint density at radius 2 is 2.00 bits per heavy atom. The molecule has 0 unspecified atom stereocenters. The SMILES string of the molecule is Cc1cccc([N+](=O)[O-])c1S(=O)(=O)NC1(CO)CCCC1. The maximum absolute atomic E-state index is 12.6. The van der Waals surface area contributed by atoms with Gasteiger partial charge in [0.1, 0.15) is 0 Å². The Morgan fingerprint density at radius 1 is 1.38 bits per heavy atom. The van der Waals surface area contributed by atoms with Gasteiger partial charge in [-0.1, -0.05) is 25.0 Å². The maximum atomic E-state index is 12.6. The van der Waals surface area contributed by atoms with Crippen LogP contribution in [0.4, 0.5) is 5.69 Å². The van der Waals surface area contributed by atoms with Crippen molar-refractivity contribution in [3.63, 3.8) is 0 Å². The Hall–Kier alpha value is -1.51. The zero-order valence-corrected chi connectivity index (χ0v) is 12.5. The molecule has 0 radical (unpaired) electrons. The third-order valence-corrected chi connectivity index (χ3v) is 5.64. The smallest absolute Gasteiger partial charge is 0.289 e. The van der Waals surface area contributed by atoms with E-state index in [-0.39, 0.29) is 11.5 Å². The lowest BCUT2D eigenvalue weighted by Gasteiger charge is -2.27. The molecular formula is C13H18N2O5S. The standard InChI is InChI=1S/C13H18N2O5S/c1-10-5-4-6-11(15(17)18)12(10)21(19,20)14-13(9-16)7-2-3-8-13/h4-6,14,16H,2-3,7-9H2,1H3. The normalized spacial score (nSPS) is 17.8. The van der Waals surface area contributed by atoms with Gasteiger partial charge in [0.25, 0.3) is 5.69 Å². The van der Waals surface area contributed by atoms with Crippen molar-refractivity contribution in [3.05, 3.63) is 33.9 Å². The highest BCUT2D eigenvalue weighted by Crippen LogP contribution is 2.33. The van der Waals surface area contributed by atoms with Crippen LogP contribution in [0.25, 0.3) is 0 Å². The van der Waals surface area contributed by atoms with Gasteiger partial charge in [0.05, 0.1) is 17.1 Å². The Kier molecular flexibility index (Phi) is 4.31. The van der Waals surface area contributed by atoms with E-state index in [1.54, 1.807) is 0 Å². The molecule has 0 saturated heterocycles. The molecule has 21 heavy (non-hydrogen) atoms. The van der Waals surface area contributed by atoms with E-state index in [1.807, 2.05) is 0 Å². The fraction of sp³-hybridized carbons (Fsp3) is 0.538. The fourth-order valence-electron chi connectivity index (χ4n) is 2.81. The van der Waals surface area contributed by atoms with Gasteiger partial charge < -0.3 is 5.11 Å². The number of aryl methyl sites for hydroxylation is 1. The van der Waals surface area contributed by atoms with Crippen molar-refractivity contribution in [3.8, 4) is 0 Å². The van der Waals surface area contributed by atoms with Crippen molar-refractivity contribution in [1.29, 1.82) is 0 Å². The Balaban J connectivity index is 2.47. The summed E-state index contributed by atoms with van der Waals surface area (Å²) in [5.41, 5.74) is -1.05. The van der Waals surface area contributed by atoms with Crippen LogP contribution >= 0.6 is 0 Å². The van der Waals surface area contributed by atoms with E-state index < -0.39 is 26.2 Å². The molecule has 1 aromatic carbocycles. The van der Waals surface area contributed by atoms with E-state index in [2.05, 4.69) is 4.72 Å². The molecule has 0 aliphatic heterocycles. The summed E-state index contributed by atoms with van der Waals surface area (Å²) in [5, 5.41) is 20.6. The number of hydrogen-bond donors (Lipinski definition) is 2. The minimum absolute atomic E-state index is 0.308. The summed E-state index contributed by atoms with van der Waals surface area (Å²) in [6, 6.07) is 4.13. The van der Waals surface area contributed by atoms with Gasteiger partial charge in [-0.25, -0.2) is 13.1 Å². The zero-order valence-electron chi connectivity index (χ0n) is 11.7. The topological polar surface area (TPSA) is 110 Å². The summed E-state index contributed by atoms with van der Waals surface area (Å²) < 4.78 is 27.6. The number of nitrogens with one attached hydrogen (secondary N) is 1. The van der Waals surface area contributed by atoms with Crippen LogP contribution in [0.5, 0.6) is 0 Å². The Morgan fingerprint density at radius 3 is 2.52 bits per heavy atom. The molecule has 116 valence electrons. The molecule has 2 N–H and O–H groups in total. The summed E-state index contributed by atoms with van der Waals surface area (Å²) >= 11 is 0. The first kappa shape index (κ1) is 15.9. The van der Waals surface area contributed by atoms with Gasteiger partial charge in [-0.3, -0.25) is 10.1 Å². The average Bonchev–Trinajstić information content (AvgIpc) is 2.86. The summed E-state index contributed by atoms with van der Waals surface area (Å²) in [4.78, 5) is 10.0. The fourth-order valence-corrected chi connectivity index (χ4v) is 4.66. The highest BCUT2D eigenvalue weighted by Gasteiger charge is 2.39. The molecule has 1 fully saturated rings. The Bertz CT molecular complexity index is 651. The average molecular weight is 314 g/mol. The molecule has 7 nitrogen and oxygen atoms in total. The van der Waals surface area contributed by atoms with Gasteiger partial charge in [0, 0.05) is 6.07 Å². The number of nitro groups is 1. The van der Waals surface area contributed by atoms with Crippen LogP contribution in [0, 0.1) is 17.0 Å². The van der Waals surface area contributed by atoms with E-state index in [4.69, 9.17) is 0 Å². The second-order valence-corrected chi connectivity index (χ2v) is 7.05. The molecule has 1 aromatic rings. The lowest BCUT2D eigenvalue weighted by Crippen LogP contribution is -2.49. The van der Waals surface area contributed by atoms with Gasteiger partial charge in [-0.15, -0.1) is 0 Å². The predicted molar refractivity (Wildman–Crippen MR) is 76.4 cm³/mol. The molecule has 0 amide bonds. The molecule has 0 spiro atoms. The van der Waals surface area contributed by atoms with Crippen molar-refractivity contribution in [1.82, 2.24) is 4.72 Å².